The number of esters is 1. The van der Waals surface area contributed by atoms with Crippen molar-refractivity contribution in [3.05, 3.63) is 29.0 Å². The van der Waals surface area contributed by atoms with E-state index in [2.05, 4.69) is 4.98 Å². The first-order valence-electron chi connectivity index (χ1n) is 5.01. The molecule has 0 spiro atoms. The maximum absolute atomic E-state index is 11.4. The molecular weight excluding hydrogens is 214 g/mol. The number of nitrogens with zero attached hydrogens (tertiary/aromatic N) is 1. The molecule has 1 aromatic heterocycles. The van der Waals surface area contributed by atoms with Crippen LogP contribution in [0.5, 0.6) is 0 Å². The minimum absolute atomic E-state index is 0.0177. The molecule has 0 bridgehead atoms. The second-order valence-electron chi connectivity index (χ2n) is 3.59. The monoisotopic (exact) mass is 225 g/mol. The van der Waals surface area contributed by atoms with E-state index >= 15 is 0 Å². The Hall–Kier alpha value is -1.09. The van der Waals surface area contributed by atoms with Gasteiger partial charge in [0.2, 0.25) is 0 Å². The van der Waals surface area contributed by atoms with Gasteiger partial charge in [-0.15, -0.1) is 0 Å². The Bertz CT molecular complexity index is 381. The fraction of sp³-hybridized carbons (Fsp3) is 0.455. The van der Waals surface area contributed by atoms with Gasteiger partial charge in [0.25, 0.3) is 0 Å². The predicted molar refractivity (Wildman–Crippen MR) is 56.7 cm³/mol. The Balaban J connectivity index is 2.01. The SMILES string of the molecule is CCOC(=O)[C@@H]1C[C@@H]1c1cccc(Cl)n1. The van der Waals surface area contributed by atoms with Gasteiger partial charge in [0.05, 0.1) is 12.5 Å². The lowest BCUT2D eigenvalue weighted by molar-refractivity contribution is -0.144. The number of aromatic nitrogens is 1. The van der Waals surface area contributed by atoms with Crippen molar-refractivity contribution in [1.82, 2.24) is 4.98 Å². The molecule has 1 aromatic rings. The van der Waals surface area contributed by atoms with E-state index in [4.69, 9.17) is 16.3 Å². The van der Waals surface area contributed by atoms with Gasteiger partial charge in [0.1, 0.15) is 5.15 Å². The third-order valence-electron chi connectivity index (χ3n) is 2.50. The Morgan fingerprint density at radius 2 is 2.47 bits per heavy atom. The molecule has 1 saturated carbocycles. The van der Waals surface area contributed by atoms with E-state index < -0.39 is 0 Å². The molecule has 1 aliphatic rings. The molecule has 15 heavy (non-hydrogen) atoms. The largest absolute Gasteiger partial charge is 0.466 e. The summed E-state index contributed by atoms with van der Waals surface area (Å²) in [7, 11) is 0. The van der Waals surface area contributed by atoms with E-state index in [1.54, 1.807) is 6.07 Å². The lowest BCUT2D eigenvalue weighted by Crippen LogP contribution is -2.07. The van der Waals surface area contributed by atoms with E-state index in [0.717, 1.165) is 12.1 Å². The summed E-state index contributed by atoms with van der Waals surface area (Å²) < 4.78 is 4.95. The number of hydrogen-bond acceptors (Lipinski definition) is 3. The van der Waals surface area contributed by atoms with Crippen LogP contribution < -0.4 is 0 Å². The zero-order chi connectivity index (χ0) is 10.8. The molecule has 0 aliphatic heterocycles. The van der Waals surface area contributed by atoms with Crippen molar-refractivity contribution in [2.45, 2.75) is 19.3 Å². The van der Waals surface area contributed by atoms with Crippen molar-refractivity contribution in [1.29, 1.82) is 0 Å². The van der Waals surface area contributed by atoms with Crippen molar-refractivity contribution in [2.24, 2.45) is 5.92 Å². The number of ether oxygens (including phenoxy) is 1. The molecule has 4 heteroatoms. The summed E-state index contributed by atoms with van der Waals surface area (Å²) in [6.45, 7) is 2.25. The number of halogens is 1. The van der Waals surface area contributed by atoms with Gasteiger partial charge in [0, 0.05) is 11.6 Å². The molecule has 0 radical (unpaired) electrons. The van der Waals surface area contributed by atoms with Crippen LogP contribution in [0.1, 0.15) is 25.0 Å². The van der Waals surface area contributed by atoms with E-state index in [9.17, 15) is 4.79 Å². The second kappa shape index (κ2) is 4.19. The van der Waals surface area contributed by atoms with Crippen LogP contribution in [0.4, 0.5) is 0 Å². The average Bonchev–Trinajstić information content (AvgIpc) is 2.97. The standard InChI is InChI=1S/C11H12ClNO2/c1-2-15-11(14)8-6-7(8)9-4-3-5-10(12)13-9/h3-5,7-8H,2,6H2,1H3/t7-,8+/m0/s1. The van der Waals surface area contributed by atoms with Gasteiger partial charge in [-0.3, -0.25) is 4.79 Å². The Kier molecular flexibility index (Phi) is 2.91. The third kappa shape index (κ3) is 2.29. The summed E-state index contributed by atoms with van der Waals surface area (Å²) in [5.74, 6) is 0.0583. The zero-order valence-corrected chi connectivity index (χ0v) is 9.20. The van der Waals surface area contributed by atoms with Crippen LogP contribution in [0, 0.1) is 5.92 Å². The summed E-state index contributed by atoms with van der Waals surface area (Å²) in [4.78, 5) is 15.6. The van der Waals surface area contributed by atoms with Gasteiger partial charge in [0.15, 0.2) is 0 Å². The summed E-state index contributed by atoms with van der Waals surface area (Å²) in [5, 5.41) is 0.474. The first-order chi connectivity index (χ1) is 7.22. The number of carbonyl (C=O) groups excluding carboxylic acids is 1. The van der Waals surface area contributed by atoms with Crippen molar-refractivity contribution in [3.63, 3.8) is 0 Å². The highest BCUT2D eigenvalue weighted by atomic mass is 35.5. The van der Waals surface area contributed by atoms with Crippen LogP contribution >= 0.6 is 11.6 Å². The molecule has 2 rings (SSSR count). The van der Waals surface area contributed by atoms with Gasteiger partial charge >= 0.3 is 5.97 Å². The van der Waals surface area contributed by atoms with Gasteiger partial charge in [-0.1, -0.05) is 17.7 Å². The van der Waals surface area contributed by atoms with Crippen LogP contribution in [0.3, 0.4) is 0 Å². The van der Waals surface area contributed by atoms with Gasteiger partial charge < -0.3 is 4.74 Å². The molecule has 0 N–H and O–H groups in total. The number of hydrogen-bond donors (Lipinski definition) is 0. The third-order valence-corrected chi connectivity index (χ3v) is 2.71. The Morgan fingerprint density at radius 3 is 3.13 bits per heavy atom. The highest BCUT2D eigenvalue weighted by molar-refractivity contribution is 6.29. The van der Waals surface area contributed by atoms with Crippen LogP contribution in [0.25, 0.3) is 0 Å². The van der Waals surface area contributed by atoms with E-state index in [1.807, 2.05) is 19.1 Å². The maximum Gasteiger partial charge on any atom is 0.309 e. The van der Waals surface area contributed by atoms with Crippen LogP contribution in [0.15, 0.2) is 18.2 Å². The fourth-order valence-electron chi connectivity index (χ4n) is 1.66. The molecular formula is C11H12ClNO2. The summed E-state index contributed by atoms with van der Waals surface area (Å²) in [5.41, 5.74) is 0.889. The second-order valence-corrected chi connectivity index (χ2v) is 3.97. The number of rotatable bonds is 3. The highest BCUT2D eigenvalue weighted by Crippen LogP contribution is 2.47. The van der Waals surface area contributed by atoms with Crippen LogP contribution in [0.2, 0.25) is 5.15 Å². The normalized spacial score (nSPS) is 23.6. The zero-order valence-electron chi connectivity index (χ0n) is 8.44. The molecule has 0 unspecified atom stereocenters. The van der Waals surface area contributed by atoms with E-state index in [1.165, 1.54) is 0 Å². The van der Waals surface area contributed by atoms with Gasteiger partial charge in [-0.25, -0.2) is 4.98 Å². The summed E-state index contributed by atoms with van der Waals surface area (Å²) in [6.07, 6.45) is 0.826. The summed E-state index contributed by atoms with van der Waals surface area (Å²) >= 11 is 5.78. The maximum atomic E-state index is 11.4. The minimum Gasteiger partial charge on any atom is -0.466 e. The minimum atomic E-state index is -0.121. The molecule has 1 heterocycles. The van der Waals surface area contributed by atoms with Crippen LogP contribution in [-0.2, 0) is 9.53 Å². The number of pyridine rings is 1. The number of carbonyl (C=O) groups is 1. The van der Waals surface area contributed by atoms with E-state index in [0.29, 0.717) is 11.8 Å². The van der Waals surface area contributed by atoms with Crippen molar-refractivity contribution in [2.75, 3.05) is 6.61 Å². The molecule has 0 aromatic carbocycles. The lowest BCUT2D eigenvalue weighted by Gasteiger charge is -2.01. The molecule has 0 saturated heterocycles. The molecule has 1 aliphatic carbocycles. The van der Waals surface area contributed by atoms with Gasteiger partial charge in [-0.05, 0) is 25.5 Å². The van der Waals surface area contributed by atoms with Crippen LogP contribution in [-0.4, -0.2) is 17.6 Å². The van der Waals surface area contributed by atoms with Crippen molar-refractivity contribution in [3.8, 4) is 0 Å². The molecule has 80 valence electrons. The smallest absolute Gasteiger partial charge is 0.309 e. The van der Waals surface area contributed by atoms with Crippen molar-refractivity contribution >= 4 is 17.6 Å². The lowest BCUT2D eigenvalue weighted by atomic mass is 10.2. The first-order valence-corrected chi connectivity index (χ1v) is 5.39. The van der Waals surface area contributed by atoms with Gasteiger partial charge in [-0.2, -0.15) is 0 Å². The Morgan fingerprint density at radius 1 is 1.67 bits per heavy atom. The molecule has 0 amide bonds. The molecule has 2 atom stereocenters. The molecule has 3 nitrogen and oxygen atoms in total. The quantitative estimate of drug-likeness (QED) is 0.586. The van der Waals surface area contributed by atoms with E-state index in [-0.39, 0.29) is 17.8 Å². The highest BCUT2D eigenvalue weighted by Gasteiger charge is 2.46. The predicted octanol–water partition coefficient (Wildman–Crippen LogP) is 2.40. The summed E-state index contributed by atoms with van der Waals surface area (Å²) in [6, 6.07) is 5.48. The average molecular weight is 226 g/mol. The molecule has 1 fully saturated rings. The topological polar surface area (TPSA) is 39.2 Å². The fourth-order valence-corrected chi connectivity index (χ4v) is 1.83. The Labute approximate surface area is 93.4 Å². The first kappa shape index (κ1) is 10.4. The van der Waals surface area contributed by atoms with Crippen molar-refractivity contribution < 1.29 is 9.53 Å².